The predicted octanol–water partition coefficient (Wildman–Crippen LogP) is 3.16. The number of ether oxygens (including phenoxy) is 1. The second-order valence-electron chi connectivity index (χ2n) is 8.68. The molecule has 3 rings (SSSR count). The van der Waals surface area contributed by atoms with Crippen LogP contribution in [0.4, 0.5) is 0 Å². The van der Waals surface area contributed by atoms with Crippen LogP contribution in [0.25, 0.3) is 0 Å². The number of halogens is 1. The van der Waals surface area contributed by atoms with Gasteiger partial charge in [-0.3, -0.25) is 4.99 Å². The molecule has 0 aromatic rings. The van der Waals surface area contributed by atoms with E-state index in [1.807, 2.05) is 0 Å². The molecule has 0 amide bonds. The van der Waals surface area contributed by atoms with Crippen LogP contribution in [-0.4, -0.2) is 49.5 Å². The molecule has 152 valence electrons. The first-order valence-corrected chi connectivity index (χ1v) is 10.4. The van der Waals surface area contributed by atoms with E-state index < -0.39 is 0 Å². The molecule has 0 aromatic heterocycles. The molecule has 0 aromatic carbocycles. The minimum Gasteiger partial charge on any atom is -0.396 e. The Labute approximate surface area is 176 Å². The van der Waals surface area contributed by atoms with Crippen LogP contribution in [0.15, 0.2) is 4.99 Å². The first-order valence-electron chi connectivity index (χ1n) is 10.4. The molecule has 1 heterocycles. The molecule has 6 heteroatoms. The van der Waals surface area contributed by atoms with Crippen molar-refractivity contribution in [1.82, 2.24) is 10.6 Å². The summed E-state index contributed by atoms with van der Waals surface area (Å²) in [5.41, 5.74) is 0.375. The Hall–Kier alpha value is -0.0800. The first-order chi connectivity index (χ1) is 12.1. The van der Waals surface area contributed by atoms with Gasteiger partial charge in [0.2, 0.25) is 0 Å². The number of rotatable bonds is 8. The van der Waals surface area contributed by atoms with Gasteiger partial charge in [0.15, 0.2) is 5.96 Å². The third kappa shape index (κ3) is 4.49. The third-order valence-corrected chi connectivity index (χ3v) is 6.52. The van der Waals surface area contributed by atoms with Crippen LogP contribution in [0, 0.1) is 23.2 Å². The monoisotopic (exact) mass is 479 g/mol. The van der Waals surface area contributed by atoms with Crippen LogP contribution in [-0.2, 0) is 4.74 Å². The van der Waals surface area contributed by atoms with Gasteiger partial charge >= 0.3 is 0 Å². The lowest BCUT2D eigenvalue weighted by molar-refractivity contribution is -0.171. The summed E-state index contributed by atoms with van der Waals surface area (Å²) in [5, 5.41) is 16.5. The van der Waals surface area contributed by atoms with Gasteiger partial charge in [-0.15, -0.1) is 24.0 Å². The van der Waals surface area contributed by atoms with Gasteiger partial charge < -0.3 is 20.5 Å². The van der Waals surface area contributed by atoms with Crippen molar-refractivity contribution in [1.29, 1.82) is 0 Å². The van der Waals surface area contributed by atoms with Crippen molar-refractivity contribution in [3.05, 3.63) is 0 Å². The molecule has 4 unspecified atom stereocenters. The normalized spacial score (nSPS) is 30.2. The van der Waals surface area contributed by atoms with Crippen LogP contribution in [0.2, 0.25) is 0 Å². The maximum absolute atomic E-state index is 9.33. The molecule has 3 fully saturated rings. The Bertz CT molecular complexity index is 468. The zero-order valence-corrected chi connectivity index (χ0v) is 19.0. The molecule has 0 radical (unpaired) electrons. The van der Waals surface area contributed by atoms with E-state index in [4.69, 9.17) is 9.73 Å². The summed E-state index contributed by atoms with van der Waals surface area (Å²) in [4.78, 5) is 4.89. The van der Waals surface area contributed by atoms with E-state index in [-0.39, 0.29) is 30.6 Å². The SMILES string of the molecule is CCNC(=NCC(CCO)CC(C)C)NC1C2CCOC2C12CCC2.I. The van der Waals surface area contributed by atoms with Gasteiger partial charge in [-0.2, -0.15) is 0 Å². The van der Waals surface area contributed by atoms with Gasteiger partial charge in [0.05, 0.1) is 6.10 Å². The molecule has 1 spiro atoms. The van der Waals surface area contributed by atoms with Crippen molar-refractivity contribution in [3.63, 3.8) is 0 Å². The molecule has 2 saturated carbocycles. The number of aliphatic imine (C=N–C) groups is 1. The van der Waals surface area contributed by atoms with E-state index in [0.717, 1.165) is 38.5 Å². The topological polar surface area (TPSA) is 65.9 Å². The number of hydrogen-bond acceptors (Lipinski definition) is 3. The molecule has 0 bridgehead atoms. The standard InChI is InChI=1S/C20H37N3O2.HI/c1-4-21-19(22-13-15(6-10-24)12-14(2)3)23-17-16-7-11-25-18(16)20(17)8-5-9-20;/h14-18,24H,4-13H2,1-3H3,(H2,21,22,23);1H. The number of nitrogens with one attached hydrogen (secondary N) is 2. The van der Waals surface area contributed by atoms with Crippen LogP contribution < -0.4 is 10.6 Å². The molecule has 4 atom stereocenters. The van der Waals surface area contributed by atoms with E-state index in [0.29, 0.717) is 35.3 Å². The molecule has 26 heavy (non-hydrogen) atoms. The van der Waals surface area contributed by atoms with Crippen molar-refractivity contribution in [3.8, 4) is 0 Å². The summed E-state index contributed by atoms with van der Waals surface area (Å²) in [5.74, 6) is 2.72. The van der Waals surface area contributed by atoms with Crippen LogP contribution in [0.5, 0.6) is 0 Å². The second-order valence-corrected chi connectivity index (χ2v) is 8.68. The van der Waals surface area contributed by atoms with E-state index in [1.165, 1.54) is 25.7 Å². The predicted molar refractivity (Wildman–Crippen MR) is 117 cm³/mol. The van der Waals surface area contributed by atoms with Gasteiger partial charge in [0.1, 0.15) is 0 Å². The van der Waals surface area contributed by atoms with E-state index in [9.17, 15) is 5.11 Å². The van der Waals surface area contributed by atoms with Gasteiger partial charge in [-0.1, -0.05) is 20.3 Å². The lowest BCUT2D eigenvalue weighted by atomic mass is 9.46. The zero-order valence-electron chi connectivity index (χ0n) is 16.7. The fraction of sp³-hybridized carbons (Fsp3) is 0.950. The Morgan fingerprint density at radius 3 is 2.69 bits per heavy atom. The zero-order chi connectivity index (χ0) is 17.9. The van der Waals surface area contributed by atoms with Crippen molar-refractivity contribution in [2.24, 2.45) is 28.2 Å². The van der Waals surface area contributed by atoms with Crippen molar-refractivity contribution >= 4 is 29.9 Å². The number of guanidine groups is 1. The Morgan fingerprint density at radius 2 is 2.12 bits per heavy atom. The number of fused-ring (bicyclic) bond motifs is 2. The van der Waals surface area contributed by atoms with E-state index in [2.05, 4.69) is 31.4 Å². The van der Waals surface area contributed by atoms with Crippen LogP contribution in [0.1, 0.15) is 59.3 Å². The van der Waals surface area contributed by atoms with Crippen molar-refractivity contribution in [2.75, 3.05) is 26.3 Å². The second kappa shape index (κ2) is 9.92. The highest BCUT2D eigenvalue weighted by Crippen LogP contribution is 2.62. The smallest absolute Gasteiger partial charge is 0.191 e. The maximum atomic E-state index is 9.33. The summed E-state index contributed by atoms with van der Waals surface area (Å²) >= 11 is 0. The van der Waals surface area contributed by atoms with Crippen LogP contribution >= 0.6 is 24.0 Å². The molecule has 1 saturated heterocycles. The van der Waals surface area contributed by atoms with Gasteiger partial charge in [-0.25, -0.2) is 0 Å². The number of hydrogen-bond donors (Lipinski definition) is 3. The molecule has 5 nitrogen and oxygen atoms in total. The average molecular weight is 479 g/mol. The Morgan fingerprint density at radius 1 is 1.35 bits per heavy atom. The number of nitrogens with zero attached hydrogens (tertiary/aromatic N) is 1. The molecular formula is C20H38IN3O2. The molecule has 3 N–H and O–H groups in total. The summed E-state index contributed by atoms with van der Waals surface area (Å²) in [6.45, 7) is 9.46. The van der Waals surface area contributed by atoms with Gasteiger partial charge in [0, 0.05) is 43.7 Å². The van der Waals surface area contributed by atoms with E-state index >= 15 is 0 Å². The minimum absolute atomic E-state index is 0. The summed E-state index contributed by atoms with van der Waals surface area (Å²) in [6.07, 6.45) is 7.57. The fourth-order valence-electron chi connectivity index (χ4n) is 5.28. The summed E-state index contributed by atoms with van der Waals surface area (Å²) < 4.78 is 6.03. The highest BCUT2D eigenvalue weighted by atomic mass is 127. The lowest BCUT2D eigenvalue weighted by Gasteiger charge is -2.63. The Balaban J connectivity index is 0.00000243. The summed E-state index contributed by atoms with van der Waals surface area (Å²) in [7, 11) is 0. The fourth-order valence-corrected chi connectivity index (χ4v) is 5.28. The van der Waals surface area contributed by atoms with Crippen molar-refractivity contribution < 1.29 is 9.84 Å². The highest BCUT2D eigenvalue weighted by molar-refractivity contribution is 14.0. The third-order valence-electron chi connectivity index (χ3n) is 6.52. The quantitative estimate of drug-likeness (QED) is 0.284. The summed E-state index contributed by atoms with van der Waals surface area (Å²) in [6, 6.07) is 0.521. The Kier molecular flexibility index (Phi) is 8.47. The molecule has 1 aliphatic heterocycles. The first kappa shape index (κ1) is 22.2. The van der Waals surface area contributed by atoms with Crippen LogP contribution in [0.3, 0.4) is 0 Å². The van der Waals surface area contributed by atoms with Gasteiger partial charge in [-0.05, 0) is 50.9 Å². The molecule has 3 aliphatic rings. The van der Waals surface area contributed by atoms with Crippen molar-refractivity contribution in [2.45, 2.75) is 71.4 Å². The average Bonchev–Trinajstić information content (AvgIpc) is 2.93. The number of aliphatic hydroxyl groups is 1. The molecular weight excluding hydrogens is 441 g/mol. The lowest BCUT2D eigenvalue weighted by Crippen LogP contribution is -2.72. The highest BCUT2D eigenvalue weighted by Gasteiger charge is 2.66. The largest absolute Gasteiger partial charge is 0.396 e. The molecule has 2 aliphatic carbocycles. The van der Waals surface area contributed by atoms with Gasteiger partial charge in [0.25, 0.3) is 0 Å². The maximum Gasteiger partial charge on any atom is 0.191 e. The minimum atomic E-state index is 0. The number of aliphatic hydroxyl groups excluding tert-OH is 1. The van der Waals surface area contributed by atoms with E-state index in [1.54, 1.807) is 0 Å².